The zero-order valence-electron chi connectivity index (χ0n) is 19.2. The van der Waals surface area contributed by atoms with Crippen molar-refractivity contribution in [3.8, 4) is 17.1 Å². The molecular weight excluding hydrogens is 438 g/mol. The van der Waals surface area contributed by atoms with Crippen LogP contribution in [-0.2, 0) is 0 Å². The Kier molecular flexibility index (Phi) is 4.70. The number of pyridine rings is 2. The van der Waals surface area contributed by atoms with Crippen LogP contribution in [0.2, 0.25) is 0 Å². The van der Waals surface area contributed by atoms with Crippen molar-refractivity contribution < 1.29 is 9.90 Å². The van der Waals surface area contributed by atoms with Crippen LogP contribution in [0.4, 0.5) is 5.69 Å². The smallest absolute Gasteiger partial charge is 0.335 e. The summed E-state index contributed by atoms with van der Waals surface area (Å²) in [5, 5.41) is 11.3. The number of imidazole rings is 1. The molecule has 0 aliphatic carbocycles. The van der Waals surface area contributed by atoms with Crippen molar-refractivity contribution in [3.63, 3.8) is 0 Å². The number of fused-ring (bicyclic) bond motifs is 6. The van der Waals surface area contributed by atoms with Crippen LogP contribution in [-0.4, -0.2) is 44.7 Å². The van der Waals surface area contributed by atoms with Gasteiger partial charge >= 0.3 is 5.97 Å². The van der Waals surface area contributed by atoms with Crippen LogP contribution >= 0.6 is 0 Å². The van der Waals surface area contributed by atoms with Gasteiger partial charge in [-0.2, -0.15) is 0 Å². The second-order valence-corrected chi connectivity index (χ2v) is 8.56. The van der Waals surface area contributed by atoms with Crippen LogP contribution in [0.1, 0.15) is 10.4 Å². The molecular formula is C28H21N5O2. The van der Waals surface area contributed by atoms with Crippen LogP contribution in [0.5, 0.6) is 0 Å². The molecule has 3 heterocycles. The highest BCUT2D eigenvalue weighted by molar-refractivity contribution is 6.21. The summed E-state index contributed by atoms with van der Waals surface area (Å²) >= 11 is 0. The van der Waals surface area contributed by atoms with Gasteiger partial charge in [0, 0.05) is 54.2 Å². The number of carbonyl (C=O) groups is 1. The van der Waals surface area contributed by atoms with E-state index < -0.39 is 5.97 Å². The third-order valence-electron chi connectivity index (χ3n) is 6.24. The van der Waals surface area contributed by atoms with Gasteiger partial charge in [0.05, 0.1) is 27.6 Å². The minimum absolute atomic E-state index is 0.233. The first-order chi connectivity index (χ1) is 17.0. The minimum Gasteiger partial charge on any atom is -0.478 e. The molecule has 3 aromatic heterocycles. The molecule has 0 aliphatic rings. The number of carboxylic acid groups (broad SMARTS) is 1. The number of nitrogens with zero attached hydrogens (tertiary/aromatic N) is 5. The van der Waals surface area contributed by atoms with Crippen molar-refractivity contribution in [2.45, 2.75) is 0 Å². The maximum absolute atomic E-state index is 11.5. The van der Waals surface area contributed by atoms with Crippen LogP contribution in [0.25, 0.3) is 49.9 Å². The molecule has 0 spiro atoms. The summed E-state index contributed by atoms with van der Waals surface area (Å²) in [6.45, 7) is 0. The van der Waals surface area contributed by atoms with Gasteiger partial charge in [-0.3, -0.25) is 14.5 Å². The maximum atomic E-state index is 11.5. The molecule has 6 rings (SSSR count). The molecule has 0 saturated carbocycles. The molecule has 3 aromatic carbocycles. The monoisotopic (exact) mass is 459 g/mol. The van der Waals surface area contributed by atoms with Gasteiger partial charge in [0.2, 0.25) is 0 Å². The Balaban J connectivity index is 1.75. The first-order valence-corrected chi connectivity index (χ1v) is 11.2. The summed E-state index contributed by atoms with van der Waals surface area (Å²) in [6.07, 6.45) is 3.54. The molecule has 35 heavy (non-hydrogen) atoms. The Labute approximate surface area is 200 Å². The van der Waals surface area contributed by atoms with Gasteiger partial charge in [-0.15, -0.1) is 0 Å². The van der Waals surface area contributed by atoms with E-state index in [2.05, 4.69) is 43.7 Å². The summed E-state index contributed by atoms with van der Waals surface area (Å²) in [7, 11) is 4.01. The topological polar surface area (TPSA) is 84.1 Å². The van der Waals surface area contributed by atoms with Gasteiger partial charge < -0.3 is 10.0 Å². The van der Waals surface area contributed by atoms with Crippen molar-refractivity contribution in [2.24, 2.45) is 0 Å². The molecule has 0 radical (unpaired) electrons. The lowest BCUT2D eigenvalue weighted by atomic mass is 10.1. The number of aromatic nitrogens is 4. The Morgan fingerprint density at radius 3 is 2.06 bits per heavy atom. The van der Waals surface area contributed by atoms with Gasteiger partial charge in [-0.05, 0) is 72.8 Å². The summed E-state index contributed by atoms with van der Waals surface area (Å²) in [4.78, 5) is 27.9. The number of rotatable bonds is 4. The molecule has 0 saturated heterocycles. The first-order valence-electron chi connectivity index (χ1n) is 11.2. The van der Waals surface area contributed by atoms with E-state index in [1.165, 1.54) is 0 Å². The van der Waals surface area contributed by atoms with E-state index in [0.29, 0.717) is 0 Å². The SMILES string of the molecule is CN(C)c1ccc(-c2nc3c4cccnc4c4ncccc4c3n2-c2ccc(C(=O)O)cc2)cc1. The third kappa shape index (κ3) is 3.28. The summed E-state index contributed by atoms with van der Waals surface area (Å²) in [6, 6.07) is 23.0. The number of hydrogen-bond donors (Lipinski definition) is 1. The average molecular weight is 460 g/mol. The number of hydrogen-bond acceptors (Lipinski definition) is 5. The lowest BCUT2D eigenvalue weighted by Crippen LogP contribution is -2.08. The van der Waals surface area contributed by atoms with Gasteiger partial charge in [0.25, 0.3) is 0 Å². The Morgan fingerprint density at radius 2 is 1.43 bits per heavy atom. The number of aromatic carboxylic acids is 1. The number of anilines is 1. The van der Waals surface area contributed by atoms with Crippen LogP contribution in [0.15, 0.2) is 85.2 Å². The van der Waals surface area contributed by atoms with Gasteiger partial charge in [0.15, 0.2) is 0 Å². The van der Waals surface area contributed by atoms with Crippen LogP contribution < -0.4 is 4.90 Å². The van der Waals surface area contributed by atoms with E-state index in [1.54, 1.807) is 24.5 Å². The molecule has 0 bridgehead atoms. The van der Waals surface area contributed by atoms with Gasteiger partial charge in [-0.25, -0.2) is 9.78 Å². The standard InChI is InChI=1S/C28H21N5O2/c1-32(2)19-11-7-17(8-12-19)27-31-25-21-5-3-15-29-23(21)24-22(6-4-16-30-24)26(25)33(27)20-13-9-18(10-14-20)28(34)35/h3-16H,1-2H3,(H,34,35). The molecule has 1 N–H and O–H groups in total. The zero-order chi connectivity index (χ0) is 24.1. The Bertz CT molecular complexity index is 1740. The van der Waals surface area contributed by atoms with Crippen molar-refractivity contribution in [2.75, 3.05) is 19.0 Å². The van der Waals surface area contributed by atoms with E-state index in [9.17, 15) is 9.90 Å². The molecule has 170 valence electrons. The van der Waals surface area contributed by atoms with E-state index in [1.807, 2.05) is 50.5 Å². The molecule has 0 unspecified atom stereocenters. The van der Waals surface area contributed by atoms with Crippen LogP contribution in [0.3, 0.4) is 0 Å². The lowest BCUT2D eigenvalue weighted by molar-refractivity contribution is 0.0697. The Morgan fingerprint density at radius 1 is 0.800 bits per heavy atom. The molecule has 0 fully saturated rings. The Hall–Kier alpha value is -4.78. The normalized spacial score (nSPS) is 11.4. The zero-order valence-corrected chi connectivity index (χ0v) is 19.2. The quantitative estimate of drug-likeness (QED) is 0.348. The van der Waals surface area contributed by atoms with E-state index in [4.69, 9.17) is 4.98 Å². The van der Waals surface area contributed by atoms with Crippen LogP contribution in [0, 0.1) is 0 Å². The lowest BCUT2D eigenvalue weighted by Gasteiger charge is -2.14. The molecule has 0 amide bonds. The fourth-order valence-corrected chi connectivity index (χ4v) is 4.53. The average Bonchev–Trinajstić information content (AvgIpc) is 3.30. The molecule has 6 aromatic rings. The van der Waals surface area contributed by atoms with Crippen molar-refractivity contribution in [1.29, 1.82) is 0 Å². The summed E-state index contributed by atoms with van der Waals surface area (Å²) in [5.74, 6) is -0.201. The van der Waals surface area contributed by atoms with E-state index in [-0.39, 0.29) is 5.56 Å². The minimum atomic E-state index is -0.960. The second-order valence-electron chi connectivity index (χ2n) is 8.56. The van der Waals surface area contributed by atoms with Crippen molar-refractivity contribution in [1.82, 2.24) is 19.5 Å². The fourth-order valence-electron chi connectivity index (χ4n) is 4.53. The van der Waals surface area contributed by atoms with Crippen molar-refractivity contribution in [3.05, 3.63) is 90.8 Å². The van der Waals surface area contributed by atoms with Gasteiger partial charge in [-0.1, -0.05) is 0 Å². The highest BCUT2D eigenvalue weighted by Crippen LogP contribution is 2.37. The predicted octanol–water partition coefficient (Wildman–Crippen LogP) is 5.55. The van der Waals surface area contributed by atoms with E-state index in [0.717, 1.165) is 55.6 Å². The molecule has 7 heteroatoms. The number of carboxylic acids is 1. The fraction of sp³-hybridized carbons (Fsp3) is 0.0714. The largest absolute Gasteiger partial charge is 0.478 e. The molecule has 0 aliphatic heterocycles. The summed E-state index contributed by atoms with van der Waals surface area (Å²) < 4.78 is 2.09. The van der Waals surface area contributed by atoms with Crippen molar-refractivity contribution >= 4 is 44.5 Å². The summed E-state index contributed by atoms with van der Waals surface area (Å²) in [5.41, 5.74) is 6.42. The third-order valence-corrected chi connectivity index (χ3v) is 6.24. The first kappa shape index (κ1) is 20.8. The predicted molar refractivity (Wildman–Crippen MR) is 138 cm³/mol. The second kappa shape index (κ2) is 7.92. The maximum Gasteiger partial charge on any atom is 0.335 e. The molecule has 7 nitrogen and oxygen atoms in total. The number of benzene rings is 3. The van der Waals surface area contributed by atoms with E-state index >= 15 is 0 Å². The highest BCUT2D eigenvalue weighted by atomic mass is 16.4. The highest BCUT2D eigenvalue weighted by Gasteiger charge is 2.21. The molecule has 0 atom stereocenters. The van der Waals surface area contributed by atoms with Gasteiger partial charge in [0.1, 0.15) is 5.82 Å².